The molecular formula is C17H21NO3. The Labute approximate surface area is 125 Å². The highest BCUT2D eigenvalue weighted by atomic mass is 16.5. The van der Waals surface area contributed by atoms with Crippen molar-refractivity contribution in [3.05, 3.63) is 53.6 Å². The SMILES string of the molecule is COc1ccc(C(C)(N)c2cc(OC)ccc2OC)cc1. The summed E-state index contributed by atoms with van der Waals surface area (Å²) in [7, 11) is 4.91. The van der Waals surface area contributed by atoms with Gasteiger partial charge < -0.3 is 19.9 Å². The Morgan fingerprint density at radius 3 is 1.90 bits per heavy atom. The summed E-state index contributed by atoms with van der Waals surface area (Å²) < 4.78 is 15.9. The van der Waals surface area contributed by atoms with Crippen molar-refractivity contribution in [1.82, 2.24) is 0 Å². The predicted octanol–water partition coefficient (Wildman–Crippen LogP) is 2.93. The molecule has 0 amide bonds. The van der Waals surface area contributed by atoms with Crippen molar-refractivity contribution in [1.29, 1.82) is 0 Å². The fraction of sp³-hybridized carbons (Fsp3) is 0.294. The second kappa shape index (κ2) is 6.06. The Kier molecular flexibility index (Phi) is 4.38. The zero-order chi connectivity index (χ0) is 15.5. The minimum Gasteiger partial charge on any atom is -0.497 e. The maximum atomic E-state index is 6.57. The Bertz CT molecular complexity index is 606. The summed E-state index contributed by atoms with van der Waals surface area (Å²) in [6.45, 7) is 1.95. The Morgan fingerprint density at radius 2 is 1.38 bits per heavy atom. The second-order valence-electron chi connectivity index (χ2n) is 5.00. The highest BCUT2D eigenvalue weighted by molar-refractivity contribution is 5.49. The first kappa shape index (κ1) is 15.2. The van der Waals surface area contributed by atoms with E-state index in [9.17, 15) is 0 Å². The Balaban J connectivity index is 2.50. The first-order valence-corrected chi connectivity index (χ1v) is 6.69. The number of hydrogen-bond acceptors (Lipinski definition) is 4. The molecule has 2 N–H and O–H groups in total. The number of hydrogen-bond donors (Lipinski definition) is 1. The zero-order valence-electron chi connectivity index (χ0n) is 12.8. The molecule has 2 aromatic rings. The van der Waals surface area contributed by atoms with Crippen LogP contribution in [-0.4, -0.2) is 21.3 Å². The van der Waals surface area contributed by atoms with Crippen LogP contribution in [0.4, 0.5) is 0 Å². The molecule has 0 radical (unpaired) electrons. The lowest BCUT2D eigenvalue weighted by Crippen LogP contribution is -2.34. The Hall–Kier alpha value is -2.20. The van der Waals surface area contributed by atoms with Crippen molar-refractivity contribution in [2.75, 3.05) is 21.3 Å². The van der Waals surface area contributed by atoms with Crippen LogP contribution in [0, 0.1) is 0 Å². The van der Waals surface area contributed by atoms with E-state index in [0.29, 0.717) is 0 Å². The molecule has 0 aromatic heterocycles. The predicted molar refractivity (Wildman–Crippen MR) is 83.2 cm³/mol. The molecule has 0 heterocycles. The van der Waals surface area contributed by atoms with Gasteiger partial charge in [-0.1, -0.05) is 12.1 Å². The summed E-state index contributed by atoms with van der Waals surface area (Å²) in [5, 5.41) is 0. The van der Waals surface area contributed by atoms with Gasteiger partial charge in [-0.25, -0.2) is 0 Å². The van der Waals surface area contributed by atoms with Crippen LogP contribution in [-0.2, 0) is 5.54 Å². The van der Waals surface area contributed by atoms with Gasteiger partial charge >= 0.3 is 0 Å². The van der Waals surface area contributed by atoms with Gasteiger partial charge in [0.2, 0.25) is 0 Å². The number of methoxy groups -OCH3 is 3. The van der Waals surface area contributed by atoms with Gasteiger partial charge in [-0.15, -0.1) is 0 Å². The van der Waals surface area contributed by atoms with E-state index in [4.69, 9.17) is 19.9 Å². The average Bonchev–Trinajstić information content (AvgIpc) is 2.54. The summed E-state index contributed by atoms with van der Waals surface area (Å²) in [5.41, 5.74) is 7.71. The Morgan fingerprint density at radius 1 is 0.810 bits per heavy atom. The quantitative estimate of drug-likeness (QED) is 0.918. The van der Waals surface area contributed by atoms with Gasteiger partial charge in [0, 0.05) is 5.56 Å². The maximum absolute atomic E-state index is 6.57. The van der Waals surface area contributed by atoms with Crippen LogP contribution in [0.1, 0.15) is 18.1 Å². The van der Waals surface area contributed by atoms with Crippen LogP contribution in [0.2, 0.25) is 0 Å². The minimum absolute atomic E-state index is 0.702. The fourth-order valence-corrected chi connectivity index (χ4v) is 2.31. The van der Waals surface area contributed by atoms with Crippen LogP contribution in [0.5, 0.6) is 17.2 Å². The monoisotopic (exact) mass is 287 g/mol. The van der Waals surface area contributed by atoms with E-state index in [1.165, 1.54) is 0 Å². The zero-order valence-corrected chi connectivity index (χ0v) is 12.8. The largest absolute Gasteiger partial charge is 0.497 e. The smallest absolute Gasteiger partial charge is 0.124 e. The third-order valence-electron chi connectivity index (χ3n) is 3.66. The van der Waals surface area contributed by atoms with E-state index in [1.807, 2.05) is 49.4 Å². The van der Waals surface area contributed by atoms with Crippen molar-refractivity contribution >= 4 is 0 Å². The molecule has 1 atom stereocenters. The molecule has 0 spiro atoms. The van der Waals surface area contributed by atoms with E-state index in [0.717, 1.165) is 28.4 Å². The number of benzene rings is 2. The third kappa shape index (κ3) is 2.95. The lowest BCUT2D eigenvalue weighted by atomic mass is 9.85. The molecule has 4 nitrogen and oxygen atoms in total. The minimum atomic E-state index is -0.702. The molecule has 0 aliphatic carbocycles. The molecule has 0 saturated heterocycles. The van der Waals surface area contributed by atoms with Crippen molar-refractivity contribution in [3.8, 4) is 17.2 Å². The number of rotatable bonds is 5. The summed E-state index contributed by atoms with van der Waals surface area (Å²) in [6, 6.07) is 13.3. The normalized spacial score (nSPS) is 13.4. The average molecular weight is 287 g/mol. The van der Waals surface area contributed by atoms with Crippen molar-refractivity contribution in [3.63, 3.8) is 0 Å². The van der Waals surface area contributed by atoms with Gasteiger partial charge in [-0.2, -0.15) is 0 Å². The van der Waals surface area contributed by atoms with Gasteiger partial charge in [0.15, 0.2) is 0 Å². The summed E-state index contributed by atoms with van der Waals surface area (Å²) >= 11 is 0. The number of nitrogens with two attached hydrogens (primary N) is 1. The van der Waals surface area contributed by atoms with E-state index < -0.39 is 5.54 Å². The van der Waals surface area contributed by atoms with Crippen molar-refractivity contribution in [2.24, 2.45) is 5.73 Å². The number of ether oxygens (including phenoxy) is 3. The molecule has 0 aliphatic rings. The summed E-state index contributed by atoms with van der Waals surface area (Å²) in [5.74, 6) is 2.28. The van der Waals surface area contributed by atoms with Crippen molar-refractivity contribution in [2.45, 2.75) is 12.5 Å². The lowest BCUT2D eigenvalue weighted by Gasteiger charge is -2.28. The van der Waals surface area contributed by atoms with Gasteiger partial charge in [-0.05, 0) is 42.8 Å². The van der Waals surface area contributed by atoms with E-state index in [-0.39, 0.29) is 0 Å². The maximum Gasteiger partial charge on any atom is 0.124 e. The van der Waals surface area contributed by atoms with Crippen LogP contribution in [0.15, 0.2) is 42.5 Å². The first-order valence-electron chi connectivity index (χ1n) is 6.69. The summed E-state index contributed by atoms with van der Waals surface area (Å²) in [4.78, 5) is 0. The standard InChI is InChI=1S/C17H21NO3/c1-17(18,12-5-7-13(19-2)8-6-12)15-11-14(20-3)9-10-16(15)21-4/h5-11H,18H2,1-4H3. The molecule has 21 heavy (non-hydrogen) atoms. The lowest BCUT2D eigenvalue weighted by molar-refractivity contribution is 0.389. The summed E-state index contributed by atoms with van der Waals surface area (Å²) in [6.07, 6.45) is 0. The molecule has 0 bridgehead atoms. The van der Waals surface area contributed by atoms with Crippen LogP contribution < -0.4 is 19.9 Å². The topological polar surface area (TPSA) is 53.7 Å². The molecule has 4 heteroatoms. The highest BCUT2D eigenvalue weighted by Gasteiger charge is 2.28. The molecule has 2 aromatic carbocycles. The van der Waals surface area contributed by atoms with Gasteiger partial charge in [0.25, 0.3) is 0 Å². The van der Waals surface area contributed by atoms with E-state index in [2.05, 4.69) is 0 Å². The van der Waals surface area contributed by atoms with Crippen LogP contribution in [0.3, 0.4) is 0 Å². The first-order chi connectivity index (χ1) is 10.0. The molecule has 2 rings (SSSR count). The highest BCUT2D eigenvalue weighted by Crippen LogP contribution is 2.36. The van der Waals surface area contributed by atoms with Gasteiger partial charge in [0.05, 0.1) is 26.9 Å². The second-order valence-corrected chi connectivity index (χ2v) is 5.00. The van der Waals surface area contributed by atoms with Gasteiger partial charge in [0.1, 0.15) is 17.2 Å². The molecule has 0 saturated carbocycles. The van der Waals surface area contributed by atoms with Crippen LogP contribution in [0.25, 0.3) is 0 Å². The molecular weight excluding hydrogens is 266 g/mol. The van der Waals surface area contributed by atoms with Gasteiger partial charge in [-0.3, -0.25) is 0 Å². The van der Waals surface area contributed by atoms with Crippen LogP contribution >= 0.6 is 0 Å². The molecule has 0 aliphatic heterocycles. The molecule has 1 unspecified atom stereocenters. The molecule has 112 valence electrons. The van der Waals surface area contributed by atoms with Crippen molar-refractivity contribution < 1.29 is 14.2 Å². The molecule has 0 fully saturated rings. The van der Waals surface area contributed by atoms with E-state index in [1.54, 1.807) is 21.3 Å². The fourth-order valence-electron chi connectivity index (χ4n) is 2.31. The van der Waals surface area contributed by atoms with E-state index >= 15 is 0 Å². The third-order valence-corrected chi connectivity index (χ3v) is 3.66.